The second kappa shape index (κ2) is 1.71. The Kier molecular flexibility index (Phi) is 0.887. The second-order valence-corrected chi connectivity index (χ2v) is 7.13. The first-order valence-corrected chi connectivity index (χ1v) is 6.66. The van der Waals surface area contributed by atoms with E-state index in [2.05, 4.69) is 11.8 Å². The van der Waals surface area contributed by atoms with E-state index in [9.17, 15) is 5.11 Å². The smallest absolute Gasteiger partial charge is 0.0623 e. The zero-order chi connectivity index (χ0) is 8.32. The number of thioether (sulfide) groups is 1. The van der Waals surface area contributed by atoms with Crippen molar-refractivity contribution in [3.63, 3.8) is 0 Å². The van der Waals surface area contributed by atoms with Crippen molar-refractivity contribution in [1.82, 2.24) is 0 Å². The van der Waals surface area contributed by atoms with E-state index >= 15 is 0 Å². The molecule has 0 aromatic carbocycles. The third kappa shape index (κ3) is 0.460. The summed E-state index contributed by atoms with van der Waals surface area (Å²) in [4.78, 5) is 0. The number of hydrogen-bond donors (Lipinski definition) is 1. The van der Waals surface area contributed by atoms with Gasteiger partial charge < -0.3 is 5.11 Å². The lowest BCUT2D eigenvalue weighted by Gasteiger charge is -2.53. The molecular formula is C11H14OS. The largest absolute Gasteiger partial charge is 0.392 e. The number of aliphatic hydroxyl groups is 1. The summed E-state index contributed by atoms with van der Waals surface area (Å²) in [6, 6.07) is 0. The highest BCUT2D eigenvalue weighted by Crippen LogP contribution is 2.79. The average Bonchev–Trinajstić information content (AvgIpc) is 2.42. The van der Waals surface area contributed by atoms with Crippen molar-refractivity contribution >= 4 is 11.8 Å². The fourth-order valence-electron chi connectivity index (χ4n) is 5.72. The highest BCUT2D eigenvalue weighted by molar-refractivity contribution is 8.01. The Morgan fingerprint density at radius 3 is 2.62 bits per heavy atom. The van der Waals surface area contributed by atoms with Gasteiger partial charge in [-0.3, -0.25) is 0 Å². The number of aliphatic hydroxyl groups excluding tert-OH is 1. The van der Waals surface area contributed by atoms with Gasteiger partial charge in [-0.2, -0.15) is 11.8 Å². The van der Waals surface area contributed by atoms with Crippen LogP contribution in [0.3, 0.4) is 0 Å². The zero-order valence-corrected chi connectivity index (χ0v) is 8.28. The summed E-state index contributed by atoms with van der Waals surface area (Å²) in [5.41, 5.74) is 0. The van der Waals surface area contributed by atoms with Crippen LogP contribution in [0.2, 0.25) is 0 Å². The van der Waals surface area contributed by atoms with Gasteiger partial charge in [-0.05, 0) is 36.5 Å². The molecule has 0 spiro atoms. The van der Waals surface area contributed by atoms with E-state index in [0.717, 1.165) is 46.0 Å². The molecule has 0 unspecified atom stereocenters. The summed E-state index contributed by atoms with van der Waals surface area (Å²) in [5, 5.41) is 12.0. The van der Waals surface area contributed by atoms with Gasteiger partial charge >= 0.3 is 0 Å². The van der Waals surface area contributed by atoms with Crippen LogP contribution in [0.25, 0.3) is 0 Å². The van der Waals surface area contributed by atoms with Gasteiger partial charge in [0.25, 0.3) is 0 Å². The Balaban J connectivity index is 1.79. The molecule has 1 N–H and O–H groups in total. The van der Waals surface area contributed by atoms with E-state index < -0.39 is 0 Å². The maximum Gasteiger partial charge on any atom is 0.0623 e. The molecule has 4 fully saturated rings. The molecule has 0 amide bonds. The van der Waals surface area contributed by atoms with Gasteiger partial charge in [0.1, 0.15) is 0 Å². The van der Waals surface area contributed by atoms with Crippen LogP contribution < -0.4 is 0 Å². The van der Waals surface area contributed by atoms with E-state index in [0.29, 0.717) is 0 Å². The first-order chi connectivity index (χ1) is 6.38. The van der Waals surface area contributed by atoms with Gasteiger partial charge in [0.15, 0.2) is 0 Å². The monoisotopic (exact) mass is 194 g/mol. The fraction of sp³-hybridized carbons (Fsp3) is 1.00. The highest BCUT2D eigenvalue weighted by atomic mass is 32.2. The second-order valence-electron chi connectivity index (χ2n) is 5.77. The van der Waals surface area contributed by atoms with Crippen LogP contribution in [0.1, 0.15) is 12.8 Å². The van der Waals surface area contributed by atoms with Gasteiger partial charge in [-0.1, -0.05) is 0 Å². The van der Waals surface area contributed by atoms with Crippen LogP contribution in [0.4, 0.5) is 0 Å². The van der Waals surface area contributed by atoms with Gasteiger partial charge in [0, 0.05) is 22.3 Å². The summed E-state index contributed by atoms with van der Waals surface area (Å²) in [5.74, 6) is 5.50. The lowest BCUT2D eigenvalue weighted by Crippen LogP contribution is -2.54. The molecule has 0 aromatic rings. The van der Waals surface area contributed by atoms with Gasteiger partial charge in [0.05, 0.1) is 6.10 Å². The van der Waals surface area contributed by atoms with Crippen LogP contribution >= 0.6 is 11.8 Å². The van der Waals surface area contributed by atoms with E-state index in [1.54, 1.807) is 0 Å². The Morgan fingerprint density at radius 1 is 0.846 bits per heavy atom. The minimum absolute atomic E-state index is 0.118. The maximum atomic E-state index is 10.2. The molecule has 1 heterocycles. The molecule has 3 aliphatic carbocycles. The molecule has 0 bridgehead atoms. The predicted octanol–water partition coefficient (Wildman–Crippen LogP) is 1.36. The molecule has 4 rings (SSSR count). The number of fused-ring (bicyclic) bond motifs is 9. The normalized spacial score (nSPS) is 80.5. The van der Waals surface area contributed by atoms with Gasteiger partial charge in [-0.15, -0.1) is 0 Å². The molecule has 70 valence electrons. The number of hydrogen-bond acceptors (Lipinski definition) is 2. The van der Waals surface area contributed by atoms with E-state index in [-0.39, 0.29) is 6.10 Å². The van der Waals surface area contributed by atoms with Crippen molar-refractivity contribution in [2.45, 2.75) is 29.4 Å². The summed E-state index contributed by atoms with van der Waals surface area (Å²) < 4.78 is 0. The minimum atomic E-state index is 0.118. The van der Waals surface area contributed by atoms with Crippen LogP contribution in [0.15, 0.2) is 0 Å². The van der Waals surface area contributed by atoms with E-state index in [4.69, 9.17) is 0 Å². The van der Waals surface area contributed by atoms with Gasteiger partial charge in [-0.25, -0.2) is 0 Å². The molecular weight excluding hydrogens is 180 g/mol. The maximum absolute atomic E-state index is 10.2. The summed E-state index contributed by atoms with van der Waals surface area (Å²) in [6.45, 7) is 0. The minimum Gasteiger partial charge on any atom is -0.392 e. The topological polar surface area (TPSA) is 20.2 Å². The molecule has 1 saturated heterocycles. The lowest BCUT2D eigenvalue weighted by molar-refractivity contribution is -0.0354. The summed E-state index contributed by atoms with van der Waals surface area (Å²) in [6.07, 6.45) is 3.07. The molecule has 4 aliphatic rings. The SMILES string of the molecule is O[C@@H]1[C@@H]2[C@@H]3CC[C@H]4[C@H]2S[C@H]2[C@@H]4[C@H]3[C@@H]12. The van der Waals surface area contributed by atoms with Crippen molar-refractivity contribution in [3.8, 4) is 0 Å². The molecule has 0 radical (unpaired) electrons. The first-order valence-electron chi connectivity index (χ1n) is 5.71. The zero-order valence-electron chi connectivity index (χ0n) is 7.47. The van der Waals surface area contributed by atoms with Gasteiger partial charge in [0.2, 0.25) is 0 Å². The summed E-state index contributed by atoms with van der Waals surface area (Å²) >= 11 is 2.27. The van der Waals surface area contributed by atoms with Crippen LogP contribution in [0, 0.1) is 35.5 Å². The van der Waals surface area contributed by atoms with Crippen molar-refractivity contribution in [3.05, 3.63) is 0 Å². The Bertz CT molecular complexity index is 292. The van der Waals surface area contributed by atoms with Crippen LogP contribution in [-0.4, -0.2) is 21.7 Å². The quantitative estimate of drug-likeness (QED) is 0.588. The summed E-state index contributed by atoms with van der Waals surface area (Å²) in [7, 11) is 0. The molecule has 9 atom stereocenters. The number of rotatable bonds is 0. The first kappa shape index (κ1) is 6.73. The van der Waals surface area contributed by atoms with Crippen LogP contribution in [0.5, 0.6) is 0 Å². The van der Waals surface area contributed by atoms with Crippen molar-refractivity contribution in [1.29, 1.82) is 0 Å². The third-order valence-electron chi connectivity index (χ3n) is 5.87. The van der Waals surface area contributed by atoms with Crippen molar-refractivity contribution in [2.24, 2.45) is 35.5 Å². The fourth-order valence-corrected chi connectivity index (χ4v) is 8.23. The van der Waals surface area contributed by atoms with E-state index in [1.165, 1.54) is 12.8 Å². The standard InChI is InChI=1S/C11H14OS/c12-9-7-3-1-2-4-6-5(3)8(9)11(6)13-10(4)7/h3-12H,1-2H2/t3-,4-,5+,6+,7+,8+,9-,10-,11+/m1/s1. The molecule has 1 aliphatic heterocycles. The Morgan fingerprint density at radius 2 is 1.69 bits per heavy atom. The average molecular weight is 194 g/mol. The third-order valence-corrected chi connectivity index (χ3v) is 7.79. The Hall–Kier alpha value is 0.310. The molecule has 2 heteroatoms. The molecule has 0 aromatic heterocycles. The highest BCUT2D eigenvalue weighted by Gasteiger charge is 2.78. The predicted molar refractivity (Wildman–Crippen MR) is 51.3 cm³/mol. The Labute approximate surface area is 82.3 Å². The van der Waals surface area contributed by atoms with Crippen LogP contribution in [-0.2, 0) is 0 Å². The molecule has 3 saturated carbocycles. The molecule has 1 nitrogen and oxygen atoms in total. The molecule has 13 heavy (non-hydrogen) atoms. The van der Waals surface area contributed by atoms with Crippen molar-refractivity contribution in [2.75, 3.05) is 0 Å². The lowest BCUT2D eigenvalue weighted by atomic mass is 9.50. The van der Waals surface area contributed by atoms with Crippen molar-refractivity contribution < 1.29 is 5.11 Å². The van der Waals surface area contributed by atoms with E-state index in [1.807, 2.05) is 0 Å².